The molecule has 0 spiro atoms. The van der Waals surface area contributed by atoms with Gasteiger partial charge in [0.05, 0.1) is 6.61 Å². The molecule has 0 N–H and O–H groups in total. The van der Waals surface area contributed by atoms with E-state index in [1.54, 1.807) is 0 Å². The maximum Gasteiger partial charge on any atom is 0.306 e. The summed E-state index contributed by atoms with van der Waals surface area (Å²) in [5.41, 5.74) is 0. The maximum atomic E-state index is 12.8. The molecule has 376 valence electrons. The van der Waals surface area contributed by atoms with Gasteiger partial charge in [0.2, 0.25) is 0 Å². The van der Waals surface area contributed by atoms with Crippen molar-refractivity contribution in [3.63, 3.8) is 0 Å². The highest BCUT2D eigenvalue weighted by molar-refractivity contribution is 5.70. The van der Waals surface area contributed by atoms with Crippen LogP contribution in [0.1, 0.15) is 239 Å². The summed E-state index contributed by atoms with van der Waals surface area (Å²) in [5, 5.41) is 0. The largest absolute Gasteiger partial charge is 0.462 e. The third-order valence-corrected chi connectivity index (χ3v) is 11.3. The molecule has 0 heterocycles. The quantitative estimate of drug-likeness (QED) is 0.0346. The molecule has 0 rings (SSSR count). The molecule has 0 aromatic rings. The molecule has 0 aliphatic carbocycles. The summed E-state index contributed by atoms with van der Waals surface area (Å²) in [6, 6.07) is 0. The van der Waals surface area contributed by atoms with Gasteiger partial charge in [-0.15, -0.1) is 0 Å². The second-order valence-corrected chi connectivity index (χ2v) is 17.7. The summed E-state index contributed by atoms with van der Waals surface area (Å²) in [6.07, 6.45) is 76.9. The fraction of sp³-hybridized carbons (Fsp3) is 0.672. The predicted octanol–water partition coefficient (Wildman–Crippen LogP) is 18.8. The number of ether oxygens (including phenoxy) is 3. The van der Waals surface area contributed by atoms with Crippen molar-refractivity contribution in [2.24, 2.45) is 0 Å². The van der Waals surface area contributed by atoms with Crippen LogP contribution in [0.3, 0.4) is 0 Å². The number of esters is 2. The molecule has 0 radical (unpaired) electrons. The summed E-state index contributed by atoms with van der Waals surface area (Å²) < 4.78 is 17.3. The van der Waals surface area contributed by atoms with Crippen LogP contribution in [0.15, 0.2) is 109 Å². The Balaban J connectivity index is 4.41. The average Bonchev–Trinajstić information content (AvgIpc) is 3.32. The van der Waals surface area contributed by atoms with Gasteiger partial charge in [-0.3, -0.25) is 9.59 Å². The molecular weight excluding hydrogens is 813 g/mol. The van der Waals surface area contributed by atoms with Gasteiger partial charge in [-0.1, -0.05) is 246 Å². The van der Waals surface area contributed by atoms with E-state index in [4.69, 9.17) is 14.2 Å². The van der Waals surface area contributed by atoms with E-state index in [1.807, 2.05) is 6.08 Å². The third-order valence-electron chi connectivity index (χ3n) is 11.3. The van der Waals surface area contributed by atoms with Crippen molar-refractivity contribution < 1.29 is 23.8 Å². The Morgan fingerprint density at radius 2 is 0.712 bits per heavy atom. The Bertz CT molecular complexity index is 1310. The summed E-state index contributed by atoms with van der Waals surface area (Å²) in [5.74, 6) is -0.506. The van der Waals surface area contributed by atoms with Crippen LogP contribution in [0, 0.1) is 0 Å². The Morgan fingerprint density at radius 1 is 0.348 bits per heavy atom. The van der Waals surface area contributed by atoms with Crippen LogP contribution >= 0.6 is 0 Å². The van der Waals surface area contributed by atoms with E-state index in [1.165, 1.54) is 96.3 Å². The Morgan fingerprint density at radius 3 is 1.15 bits per heavy atom. The van der Waals surface area contributed by atoms with Gasteiger partial charge in [0.15, 0.2) is 6.10 Å². The highest BCUT2D eigenvalue weighted by atomic mass is 16.6. The second-order valence-electron chi connectivity index (χ2n) is 17.7. The lowest BCUT2D eigenvalue weighted by atomic mass is 10.0. The van der Waals surface area contributed by atoms with Gasteiger partial charge in [0.1, 0.15) is 6.61 Å². The first kappa shape index (κ1) is 62.6. The minimum Gasteiger partial charge on any atom is -0.462 e. The monoisotopic (exact) mass is 915 g/mol. The molecule has 0 aliphatic rings. The Hall–Kier alpha value is -3.44. The number of allylic oxidation sites excluding steroid dienone is 18. The molecule has 5 heteroatoms. The zero-order chi connectivity index (χ0) is 47.7. The fourth-order valence-electron chi connectivity index (χ4n) is 7.32. The van der Waals surface area contributed by atoms with Crippen LogP contribution in [0.25, 0.3) is 0 Å². The van der Waals surface area contributed by atoms with Crippen LogP contribution in [0.5, 0.6) is 0 Å². The fourth-order valence-corrected chi connectivity index (χ4v) is 7.32. The number of hydrogen-bond acceptors (Lipinski definition) is 5. The number of hydrogen-bond donors (Lipinski definition) is 0. The lowest BCUT2D eigenvalue weighted by molar-refractivity contribution is -0.162. The van der Waals surface area contributed by atoms with Crippen molar-refractivity contribution in [2.75, 3.05) is 19.8 Å². The van der Waals surface area contributed by atoms with Crippen LogP contribution in [0.2, 0.25) is 0 Å². The first-order valence-corrected chi connectivity index (χ1v) is 27.4. The molecule has 5 nitrogen and oxygen atoms in total. The molecule has 0 fully saturated rings. The first-order chi connectivity index (χ1) is 32.6. The SMILES string of the molecule is CC/C=C\C/C=C\C/C=C\C/C=C\C/C=C\C/C=C\CCC(=O)OCC(COCCCCCC/C=C\C/C=C\C/C=C\CC)OC(=O)CCCCCCCCCCCCCCCCCCC. The van der Waals surface area contributed by atoms with Gasteiger partial charge in [-0.2, -0.15) is 0 Å². The molecule has 0 amide bonds. The Labute approximate surface area is 408 Å². The normalized spacial score (nSPS) is 13.1. The molecule has 0 saturated heterocycles. The molecule has 0 aromatic carbocycles. The summed E-state index contributed by atoms with van der Waals surface area (Å²) in [7, 11) is 0. The van der Waals surface area contributed by atoms with Gasteiger partial charge >= 0.3 is 11.9 Å². The van der Waals surface area contributed by atoms with E-state index in [9.17, 15) is 9.59 Å². The highest BCUT2D eigenvalue weighted by Gasteiger charge is 2.17. The summed E-state index contributed by atoms with van der Waals surface area (Å²) in [6.45, 7) is 7.48. The van der Waals surface area contributed by atoms with E-state index >= 15 is 0 Å². The standard InChI is InChI=1S/C61H102O5/c1-4-7-10-13-16-19-22-25-28-30-31-33-34-36-39-42-45-48-51-54-60(62)65-58-59(57-64-56-53-50-47-44-41-38-27-24-21-18-15-12-9-6-3)66-61(63)55-52-49-46-43-40-37-35-32-29-26-23-20-17-14-11-8-5-2/h7,9-10,12,16,18-19,21,25,27-28,31,33,36,38-39,45,48,59H,4-6,8,11,13-15,17,20,22-24,26,29-30,32,34-35,37,40-44,46-47,49-58H2,1-3H3/b10-7-,12-9-,19-16-,21-18-,28-25-,33-31-,38-27-,39-36-,48-45-. The van der Waals surface area contributed by atoms with Crippen molar-refractivity contribution in [2.45, 2.75) is 245 Å². The molecule has 0 aromatic heterocycles. The summed E-state index contributed by atoms with van der Waals surface area (Å²) in [4.78, 5) is 25.4. The summed E-state index contributed by atoms with van der Waals surface area (Å²) >= 11 is 0. The van der Waals surface area contributed by atoms with E-state index in [-0.39, 0.29) is 25.2 Å². The van der Waals surface area contributed by atoms with E-state index in [2.05, 4.69) is 124 Å². The molecule has 1 unspecified atom stereocenters. The highest BCUT2D eigenvalue weighted by Crippen LogP contribution is 2.15. The molecule has 1 atom stereocenters. The molecule has 66 heavy (non-hydrogen) atoms. The van der Waals surface area contributed by atoms with Crippen molar-refractivity contribution in [3.05, 3.63) is 109 Å². The van der Waals surface area contributed by atoms with Gasteiger partial charge in [0, 0.05) is 19.4 Å². The van der Waals surface area contributed by atoms with Crippen LogP contribution in [-0.4, -0.2) is 37.9 Å². The lowest BCUT2D eigenvalue weighted by Gasteiger charge is -2.18. The number of carbonyl (C=O) groups is 2. The van der Waals surface area contributed by atoms with E-state index in [0.29, 0.717) is 25.9 Å². The van der Waals surface area contributed by atoms with Crippen molar-refractivity contribution >= 4 is 11.9 Å². The van der Waals surface area contributed by atoms with Gasteiger partial charge in [-0.05, 0) is 89.9 Å². The minimum absolute atomic E-state index is 0.0321. The zero-order valence-electron chi connectivity index (χ0n) is 43.2. The molecular formula is C61H102O5. The number of carbonyl (C=O) groups excluding carboxylic acids is 2. The van der Waals surface area contributed by atoms with Crippen molar-refractivity contribution in [1.29, 1.82) is 0 Å². The zero-order valence-corrected chi connectivity index (χ0v) is 43.2. The minimum atomic E-state index is -0.583. The van der Waals surface area contributed by atoms with Gasteiger partial charge in [0.25, 0.3) is 0 Å². The number of rotatable bonds is 49. The van der Waals surface area contributed by atoms with Crippen molar-refractivity contribution in [1.82, 2.24) is 0 Å². The van der Waals surface area contributed by atoms with E-state index in [0.717, 1.165) is 103 Å². The smallest absolute Gasteiger partial charge is 0.306 e. The predicted molar refractivity (Wildman–Crippen MR) is 288 cm³/mol. The Kier molecular flexibility index (Phi) is 53.0. The maximum absolute atomic E-state index is 12.8. The second kappa shape index (κ2) is 55.9. The molecule has 0 bridgehead atoms. The topological polar surface area (TPSA) is 61.8 Å². The van der Waals surface area contributed by atoms with Crippen LogP contribution < -0.4 is 0 Å². The van der Waals surface area contributed by atoms with Crippen LogP contribution in [-0.2, 0) is 23.8 Å². The van der Waals surface area contributed by atoms with Crippen LogP contribution in [0.4, 0.5) is 0 Å². The van der Waals surface area contributed by atoms with Gasteiger partial charge in [-0.25, -0.2) is 0 Å². The van der Waals surface area contributed by atoms with Gasteiger partial charge < -0.3 is 14.2 Å². The average molecular weight is 915 g/mol. The molecule has 0 saturated carbocycles. The first-order valence-electron chi connectivity index (χ1n) is 27.4. The lowest BCUT2D eigenvalue weighted by Crippen LogP contribution is -2.30. The van der Waals surface area contributed by atoms with Crippen molar-refractivity contribution in [3.8, 4) is 0 Å². The van der Waals surface area contributed by atoms with E-state index < -0.39 is 6.10 Å². The molecule has 0 aliphatic heterocycles. The third kappa shape index (κ3) is 53.2. The number of unbranched alkanes of at least 4 members (excludes halogenated alkanes) is 20.